The van der Waals surface area contributed by atoms with Crippen LogP contribution in [0.2, 0.25) is 0 Å². The average Bonchev–Trinajstić information content (AvgIpc) is 1.67. The molecule has 0 aromatic heterocycles. The molecule has 4 nitrogen and oxygen atoms in total. The van der Waals surface area contributed by atoms with E-state index in [1.807, 2.05) is 0 Å². The molecule has 1 N–H and O–H groups in total. The molecule has 46 valence electrons. The first-order valence-electron chi connectivity index (χ1n) is 1.61. The van der Waals surface area contributed by atoms with Crippen LogP contribution in [0.4, 0.5) is 4.79 Å². The molecule has 0 saturated carbocycles. The quantitative estimate of drug-likeness (QED) is 0.559. The molecule has 0 heterocycles. The van der Waals surface area contributed by atoms with E-state index in [4.69, 9.17) is 5.11 Å². The SMILES string of the molecule is C=CS(=O)(=O)C(=O)O. The Balaban J connectivity index is 4.68. The topological polar surface area (TPSA) is 71.4 Å². The van der Waals surface area contributed by atoms with Crippen LogP contribution >= 0.6 is 0 Å². The van der Waals surface area contributed by atoms with Crippen molar-refractivity contribution in [2.75, 3.05) is 0 Å². The standard InChI is InChI=1S/C3H4O4S/c1-2-8(6,7)3(4)5/h2H,1H2,(H,4,5). The van der Waals surface area contributed by atoms with E-state index in [-0.39, 0.29) is 0 Å². The summed E-state index contributed by atoms with van der Waals surface area (Å²) in [6.45, 7) is 2.78. The first kappa shape index (κ1) is 7.16. The van der Waals surface area contributed by atoms with Gasteiger partial charge in [-0.15, -0.1) is 0 Å². The van der Waals surface area contributed by atoms with Crippen molar-refractivity contribution in [3.63, 3.8) is 0 Å². The minimum Gasteiger partial charge on any atom is -0.469 e. The number of carbonyl (C=O) groups is 1. The fraction of sp³-hybridized carbons (Fsp3) is 0. The van der Waals surface area contributed by atoms with Crippen molar-refractivity contribution in [2.24, 2.45) is 0 Å². The lowest BCUT2D eigenvalue weighted by Gasteiger charge is -1.82. The molecule has 8 heavy (non-hydrogen) atoms. The number of hydrogen-bond donors (Lipinski definition) is 1. The van der Waals surface area contributed by atoms with Crippen LogP contribution in [0.25, 0.3) is 0 Å². The number of carboxylic acid groups (broad SMARTS) is 1. The van der Waals surface area contributed by atoms with Crippen LogP contribution in [0.15, 0.2) is 12.0 Å². The van der Waals surface area contributed by atoms with Gasteiger partial charge in [-0.1, -0.05) is 6.58 Å². The molecule has 0 aliphatic carbocycles. The van der Waals surface area contributed by atoms with Gasteiger partial charge in [0.2, 0.25) is 0 Å². The molecule has 5 heteroatoms. The normalized spacial score (nSPS) is 10.5. The minimum atomic E-state index is -4.06. The molecule has 0 radical (unpaired) electrons. The van der Waals surface area contributed by atoms with Gasteiger partial charge in [-0.3, -0.25) is 0 Å². The second kappa shape index (κ2) is 1.95. The largest absolute Gasteiger partial charge is 0.469 e. The van der Waals surface area contributed by atoms with Crippen molar-refractivity contribution in [2.45, 2.75) is 0 Å². The maximum atomic E-state index is 9.98. The Kier molecular flexibility index (Phi) is 1.75. The van der Waals surface area contributed by atoms with Crippen molar-refractivity contribution >= 4 is 15.1 Å². The zero-order valence-corrected chi connectivity index (χ0v) is 4.68. The second-order valence-electron chi connectivity index (χ2n) is 0.978. The van der Waals surface area contributed by atoms with Crippen LogP contribution in [0.5, 0.6) is 0 Å². The van der Waals surface area contributed by atoms with Crippen LogP contribution in [0.3, 0.4) is 0 Å². The van der Waals surface area contributed by atoms with Gasteiger partial charge in [0, 0.05) is 5.41 Å². The molecule has 0 rings (SSSR count). The summed E-state index contributed by atoms with van der Waals surface area (Å²) in [5.41, 5.74) is 0. The highest BCUT2D eigenvalue weighted by Gasteiger charge is 2.13. The van der Waals surface area contributed by atoms with Crippen molar-refractivity contribution in [1.29, 1.82) is 0 Å². The minimum absolute atomic E-state index is 0.384. The van der Waals surface area contributed by atoms with Crippen LogP contribution in [0, 0.1) is 0 Å². The average molecular weight is 136 g/mol. The lowest BCUT2D eigenvalue weighted by atomic mass is 11.3. The highest BCUT2D eigenvalue weighted by atomic mass is 32.2. The fourth-order valence-corrected chi connectivity index (χ4v) is 0.214. The first-order valence-corrected chi connectivity index (χ1v) is 3.16. The summed E-state index contributed by atoms with van der Waals surface area (Å²) in [7, 11) is -4.06. The molecule has 0 aliphatic heterocycles. The first-order chi connectivity index (χ1) is 3.50. The third-order valence-electron chi connectivity index (χ3n) is 0.463. The van der Waals surface area contributed by atoms with Gasteiger partial charge in [-0.25, -0.2) is 13.2 Å². The molecule has 0 atom stereocenters. The third kappa shape index (κ3) is 1.34. The molecule has 0 amide bonds. The van der Waals surface area contributed by atoms with E-state index in [0.29, 0.717) is 5.41 Å². The van der Waals surface area contributed by atoms with E-state index in [1.165, 1.54) is 0 Å². The highest BCUT2D eigenvalue weighted by molar-refractivity contribution is 8.08. The summed E-state index contributed by atoms with van der Waals surface area (Å²) in [4.78, 5) is 9.59. The second-order valence-corrected chi connectivity index (χ2v) is 2.75. The van der Waals surface area contributed by atoms with E-state index in [9.17, 15) is 13.2 Å². The van der Waals surface area contributed by atoms with Crippen molar-refractivity contribution in [3.05, 3.63) is 12.0 Å². The molecular weight excluding hydrogens is 132 g/mol. The zero-order valence-electron chi connectivity index (χ0n) is 3.86. The van der Waals surface area contributed by atoms with E-state index in [2.05, 4.69) is 6.58 Å². The molecule has 0 aromatic carbocycles. The van der Waals surface area contributed by atoms with Crippen molar-refractivity contribution in [3.8, 4) is 0 Å². The molecular formula is C3H4O4S. The molecule has 0 fully saturated rings. The number of rotatable bonds is 1. The van der Waals surface area contributed by atoms with Gasteiger partial charge in [-0.05, 0) is 0 Å². The van der Waals surface area contributed by atoms with Gasteiger partial charge in [0.15, 0.2) is 0 Å². The van der Waals surface area contributed by atoms with E-state index >= 15 is 0 Å². The van der Waals surface area contributed by atoms with Gasteiger partial charge in [-0.2, -0.15) is 0 Å². The highest BCUT2D eigenvalue weighted by Crippen LogP contribution is 1.89. The Morgan fingerprint density at radius 2 is 2.00 bits per heavy atom. The lowest BCUT2D eigenvalue weighted by Crippen LogP contribution is -2.06. The fourth-order valence-electron chi connectivity index (χ4n) is 0.0713. The van der Waals surface area contributed by atoms with Crippen LogP contribution in [-0.2, 0) is 9.84 Å². The van der Waals surface area contributed by atoms with Gasteiger partial charge >= 0.3 is 5.30 Å². The van der Waals surface area contributed by atoms with Crippen LogP contribution < -0.4 is 0 Å². The summed E-state index contributed by atoms with van der Waals surface area (Å²) in [6.07, 6.45) is 0. The predicted molar refractivity (Wildman–Crippen MR) is 27.1 cm³/mol. The van der Waals surface area contributed by atoms with Gasteiger partial charge < -0.3 is 5.11 Å². The Bertz CT molecular complexity index is 199. The molecule has 0 aliphatic rings. The molecule has 0 bridgehead atoms. The Morgan fingerprint density at radius 1 is 1.62 bits per heavy atom. The van der Waals surface area contributed by atoms with Gasteiger partial charge in [0.05, 0.1) is 0 Å². The molecule has 0 saturated heterocycles. The van der Waals surface area contributed by atoms with Gasteiger partial charge in [0.1, 0.15) is 0 Å². The predicted octanol–water partition coefficient (Wildman–Crippen LogP) is 0.223. The van der Waals surface area contributed by atoms with Crippen molar-refractivity contribution < 1.29 is 18.3 Å². The third-order valence-corrected chi connectivity index (χ3v) is 1.39. The summed E-state index contributed by atoms with van der Waals surface area (Å²) in [5.74, 6) is 0. The smallest absolute Gasteiger partial charge is 0.426 e. The summed E-state index contributed by atoms with van der Waals surface area (Å²) < 4.78 is 20.0. The van der Waals surface area contributed by atoms with E-state index in [1.54, 1.807) is 0 Å². The van der Waals surface area contributed by atoms with E-state index < -0.39 is 15.1 Å². The Hall–Kier alpha value is -0.840. The molecule has 0 aromatic rings. The van der Waals surface area contributed by atoms with Crippen LogP contribution in [0.1, 0.15) is 0 Å². The summed E-state index contributed by atoms with van der Waals surface area (Å²) in [6, 6.07) is 0. The summed E-state index contributed by atoms with van der Waals surface area (Å²) >= 11 is 0. The maximum Gasteiger partial charge on any atom is 0.426 e. The zero-order chi connectivity index (χ0) is 6.78. The Labute approximate surface area is 46.4 Å². The number of sulfone groups is 1. The van der Waals surface area contributed by atoms with Crippen molar-refractivity contribution in [1.82, 2.24) is 0 Å². The monoisotopic (exact) mass is 136 g/mol. The molecule has 0 unspecified atom stereocenters. The van der Waals surface area contributed by atoms with E-state index in [0.717, 1.165) is 0 Å². The lowest BCUT2D eigenvalue weighted by molar-refractivity contribution is 0.219. The maximum absolute atomic E-state index is 9.98. The molecule has 0 spiro atoms. The summed E-state index contributed by atoms with van der Waals surface area (Å²) in [5, 5.41) is 6.30. The number of hydrogen-bond acceptors (Lipinski definition) is 3. The Morgan fingerprint density at radius 3 is 2.00 bits per heavy atom. The van der Waals surface area contributed by atoms with Gasteiger partial charge in [0.25, 0.3) is 9.84 Å². The van der Waals surface area contributed by atoms with Crippen LogP contribution in [-0.4, -0.2) is 18.8 Å².